The van der Waals surface area contributed by atoms with Crippen LogP contribution in [-0.2, 0) is 9.47 Å². The Balaban J connectivity index is 2.40. The topological polar surface area (TPSA) is 38.7 Å². The zero-order valence-electron chi connectivity index (χ0n) is 11.4. The molecule has 102 valence electrons. The Hall–Kier alpha value is -0.120. The summed E-state index contributed by atoms with van der Waals surface area (Å²) in [4.78, 5) is 0. The minimum atomic E-state index is -0.391. The molecule has 3 nitrogen and oxygen atoms in total. The second-order valence-electron chi connectivity index (χ2n) is 5.06. The summed E-state index contributed by atoms with van der Waals surface area (Å²) < 4.78 is 11.8. The molecule has 0 aliphatic carbocycles. The average molecular weight is 244 g/mol. The van der Waals surface area contributed by atoms with Gasteiger partial charge in [-0.2, -0.15) is 0 Å². The van der Waals surface area contributed by atoms with Crippen LogP contribution in [0.4, 0.5) is 0 Å². The number of rotatable bonds is 9. The molecule has 0 aromatic heterocycles. The van der Waals surface area contributed by atoms with Crippen molar-refractivity contribution in [3.8, 4) is 0 Å². The van der Waals surface area contributed by atoms with Crippen LogP contribution in [0.5, 0.6) is 0 Å². The minimum Gasteiger partial charge on any atom is -0.394 e. The predicted octanol–water partition coefficient (Wildman–Crippen LogP) is 3.25. The maximum absolute atomic E-state index is 9.14. The first-order valence-corrected chi connectivity index (χ1v) is 7.19. The minimum absolute atomic E-state index is 0.0727. The molecular weight excluding hydrogens is 216 g/mol. The third-order valence-corrected chi connectivity index (χ3v) is 3.44. The molecule has 17 heavy (non-hydrogen) atoms. The molecule has 0 radical (unpaired) electrons. The third-order valence-electron chi connectivity index (χ3n) is 3.44. The van der Waals surface area contributed by atoms with Gasteiger partial charge >= 0.3 is 0 Å². The van der Waals surface area contributed by atoms with Crippen LogP contribution in [0.25, 0.3) is 0 Å². The third kappa shape index (κ3) is 4.94. The molecule has 1 N–H and O–H groups in total. The van der Waals surface area contributed by atoms with Gasteiger partial charge in [0.2, 0.25) is 0 Å². The van der Waals surface area contributed by atoms with Gasteiger partial charge < -0.3 is 14.6 Å². The highest BCUT2D eigenvalue weighted by Gasteiger charge is 2.39. The first kappa shape index (κ1) is 14.9. The summed E-state index contributed by atoms with van der Waals surface area (Å²) in [6, 6.07) is 0. The summed E-state index contributed by atoms with van der Waals surface area (Å²) in [5.74, 6) is -0.391. The zero-order valence-corrected chi connectivity index (χ0v) is 11.4. The molecule has 1 aliphatic rings. The van der Waals surface area contributed by atoms with E-state index in [-0.39, 0.29) is 12.7 Å². The van der Waals surface area contributed by atoms with E-state index in [2.05, 4.69) is 13.8 Å². The van der Waals surface area contributed by atoms with E-state index in [1.165, 1.54) is 25.7 Å². The van der Waals surface area contributed by atoms with Crippen molar-refractivity contribution in [3.05, 3.63) is 0 Å². The normalized spacial score (nSPS) is 23.1. The molecule has 0 spiro atoms. The molecule has 1 atom stereocenters. The van der Waals surface area contributed by atoms with E-state index < -0.39 is 5.79 Å². The predicted molar refractivity (Wildman–Crippen MR) is 68.9 cm³/mol. The van der Waals surface area contributed by atoms with Crippen molar-refractivity contribution in [3.63, 3.8) is 0 Å². The van der Waals surface area contributed by atoms with Gasteiger partial charge in [0.1, 0.15) is 6.10 Å². The van der Waals surface area contributed by atoms with E-state index in [1.54, 1.807) is 0 Å². The summed E-state index contributed by atoms with van der Waals surface area (Å²) in [5.41, 5.74) is 0. The number of hydrogen-bond donors (Lipinski definition) is 1. The summed E-state index contributed by atoms with van der Waals surface area (Å²) in [5, 5.41) is 9.14. The van der Waals surface area contributed by atoms with Crippen LogP contribution in [0, 0.1) is 0 Å². The van der Waals surface area contributed by atoms with Crippen molar-refractivity contribution >= 4 is 0 Å². The largest absolute Gasteiger partial charge is 0.394 e. The van der Waals surface area contributed by atoms with Crippen molar-refractivity contribution in [2.45, 2.75) is 77.1 Å². The van der Waals surface area contributed by atoms with Crippen LogP contribution < -0.4 is 0 Å². The zero-order chi connectivity index (χ0) is 12.6. The van der Waals surface area contributed by atoms with E-state index in [0.29, 0.717) is 6.61 Å². The smallest absolute Gasteiger partial charge is 0.169 e. The van der Waals surface area contributed by atoms with Crippen LogP contribution >= 0.6 is 0 Å². The van der Waals surface area contributed by atoms with Crippen molar-refractivity contribution < 1.29 is 14.6 Å². The lowest BCUT2D eigenvalue weighted by atomic mass is 10.0. The maximum atomic E-state index is 9.14. The van der Waals surface area contributed by atoms with Gasteiger partial charge in [0, 0.05) is 12.8 Å². The quantitative estimate of drug-likeness (QED) is 0.633. The molecule has 1 saturated heterocycles. The van der Waals surface area contributed by atoms with Crippen LogP contribution in [0.15, 0.2) is 0 Å². The Kier molecular flexibility index (Phi) is 7.09. The fraction of sp³-hybridized carbons (Fsp3) is 1.00. The summed E-state index contributed by atoms with van der Waals surface area (Å²) >= 11 is 0. The second kappa shape index (κ2) is 8.06. The molecule has 1 heterocycles. The van der Waals surface area contributed by atoms with Gasteiger partial charge in [0.15, 0.2) is 5.79 Å². The number of hydrogen-bond acceptors (Lipinski definition) is 3. The van der Waals surface area contributed by atoms with Gasteiger partial charge in [-0.3, -0.25) is 0 Å². The van der Waals surface area contributed by atoms with E-state index in [4.69, 9.17) is 14.6 Å². The molecule has 0 aromatic carbocycles. The van der Waals surface area contributed by atoms with Gasteiger partial charge in [-0.05, 0) is 12.8 Å². The Morgan fingerprint density at radius 2 is 1.65 bits per heavy atom. The number of ether oxygens (including phenoxy) is 2. The number of aliphatic hydroxyl groups is 1. The Labute approximate surface area is 105 Å². The molecule has 1 fully saturated rings. The van der Waals surface area contributed by atoms with Crippen molar-refractivity contribution in [1.29, 1.82) is 0 Å². The molecule has 0 amide bonds. The maximum Gasteiger partial charge on any atom is 0.169 e. The van der Waals surface area contributed by atoms with Crippen LogP contribution in [-0.4, -0.2) is 30.2 Å². The van der Waals surface area contributed by atoms with Gasteiger partial charge in [-0.1, -0.05) is 39.5 Å². The van der Waals surface area contributed by atoms with Crippen LogP contribution in [0.3, 0.4) is 0 Å². The van der Waals surface area contributed by atoms with Crippen LogP contribution in [0.1, 0.15) is 65.2 Å². The molecule has 3 heteroatoms. The second-order valence-corrected chi connectivity index (χ2v) is 5.06. The monoisotopic (exact) mass is 244 g/mol. The van der Waals surface area contributed by atoms with Crippen LogP contribution in [0.2, 0.25) is 0 Å². The number of unbranched alkanes of at least 4 members (excludes halogenated alkanes) is 4. The van der Waals surface area contributed by atoms with Gasteiger partial charge in [0.25, 0.3) is 0 Å². The van der Waals surface area contributed by atoms with E-state index in [0.717, 1.165) is 25.7 Å². The Morgan fingerprint density at radius 3 is 2.06 bits per heavy atom. The van der Waals surface area contributed by atoms with Crippen molar-refractivity contribution in [2.75, 3.05) is 13.2 Å². The van der Waals surface area contributed by atoms with E-state index >= 15 is 0 Å². The molecule has 1 aliphatic heterocycles. The summed E-state index contributed by atoms with van der Waals surface area (Å²) in [6.45, 7) is 5.03. The SMILES string of the molecule is CCCCCC1(CCCCC)OCC(CO)O1. The summed E-state index contributed by atoms with van der Waals surface area (Å²) in [6.07, 6.45) is 9.03. The Morgan fingerprint density at radius 1 is 1.06 bits per heavy atom. The van der Waals surface area contributed by atoms with E-state index in [1.807, 2.05) is 0 Å². The van der Waals surface area contributed by atoms with Gasteiger partial charge in [-0.15, -0.1) is 0 Å². The first-order valence-electron chi connectivity index (χ1n) is 7.19. The number of aliphatic hydroxyl groups excluding tert-OH is 1. The van der Waals surface area contributed by atoms with Crippen molar-refractivity contribution in [2.24, 2.45) is 0 Å². The molecule has 1 unspecified atom stereocenters. The first-order chi connectivity index (χ1) is 8.26. The van der Waals surface area contributed by atoms with Crippen molar-refractivity contribution in [1.82, 2.24) is 0 Å². The summed E-state index contributed by atoms with van der Waals surface area (Å²) in [7, 11) is 0. The van der Waals surface area contributed by atoms with Gasteiger partial charge in [-0.25, -0.2) is 0 Å². The Bertz CT molecular complexity index is 184. The van der Waals surface area contributed by atoms with E-state index in [9.17, 15) is 0 Å². The fourth-order valence-electron chi connectivity index (χ4n) is 2.38. The molecule has 1 rings (SSSR count). The molecule has 0 aromatic rings. The molecular formula is C14H28O3. The lowest BCUT2D eigenvalue weighted by molar-refractivity contribution is -0.182. The average Bonchev–Trinajstić information content (AvgIpc) is 2.74. The molecule has 0 bridgehead atoms. The fourth-order valence-corrected chi connectivity index (χ4v) is 2.38. The standard InChI is InChI=1S/C14H28O3/c1-3-5-7-9-14(10-8-6-4-2)16-12-13(11-15)17-14/h13,15H,3-12H2,1-2H3. The van der Waals surface area contributed by atoms with Gasteiger partial charge in [0.05, 0.1) is 13.2 Å². The highest BCUT2D eigenvalue weighted by Crippen LogP contribution is 2.34. The molecule has 0 saturated carbocycles. The highest BCUT2D eigenvalue weighted by molar-refractivity contribution is 4.79. The lowest BCUT2D eigenvalue weighted by Gasteiger charge is -2.28. The highest BCUT2D eigenvalue weighted by atomic mass is 16.7. The lowest BCUT2D eigenvalue weighted by Crippen LogP contribution is -2.31.